The van der Waals surface area contributed by atoms with Crippen molar-refractivity contribution in [2.75, 3.05) is 6.54 Å². The van der Waals surface area contributed by atoms with Crippen molar-refractivity contribution in [3.05, 3.63) is 18.0 Å². The fourth-order valence-corrected chi connectivity index (χ4v) is 1.47. The summed E-state index contributed by atoms with van der Waals surface area (Å²) in [5.74, 6) is -1.12. The summed E-state index contributed by atoms with van der Waals surface area (Å²) in [4.78, 5) is 22.0. The van der Waals surface area contributed by atoms with Gasteiger partial charge >= 0.3 is 12.0 Å². The molecule has 0 spiro atoms. The van der Waals surface area contributed by atoms with E-state index >= 15 is 0 Å². The highest BCUT2D eigenvalue weighted by atomic mass is 16.4. The van der Waals surface area contributed by atoms with Crippen molar-refractivity contribution in [3.8, 4) is 0 Å². The van der Waals surface area contributed by atoms with E-state index in [1.165, 1.54) is 6.92 Å². The Morgan fingerprint density at radius 1 is 1.47 bits per heavy atom. The lowest BCUT2D eigenvalue weighted by Gasteiger charge is -2.21. The molecule has 1 rings (SSSR count). The number of nitrogens with one attached hydrogen (secondary N) is 2. The molecule has 0 aliphatic carbocycles. The van der Waals surface area contributed by atoms with E-state index < -0.39 is 24.0 Å². The second-order valence-electron chi connectivity index (χ2n) is 4.55. The zero-order valence-electron chi connectivity index (χ0n) is 10.9. The lowest BCUT2D eigenvalue weighted by atomic mass is 10.0. The van der Waals surface area contributed by atoms with E-state index in [-0.39, 0.29) is 6.54 Å². The van der Waals surface area contributed by atoms with Crippen LogP contribution in [-0.4, -0.2) is 44.1 Å². The Morgan fingerprint density at radius 3 is 2.68 bits per heavy atom. The predicted octanol–water partition coefficient (Wildman–Crippen LogP) is -0.555. The molecule has 1 atom stereocenters. The SMILES string of the molecule is Cn1nccc1CNC(=O)NCC(C)(O)CC(=O)O. The quantitative estimate of drug-likeness (QED) is 0.553. The van der Waals surface area contributed by atoms with Crippen LogP contribution in [0.4, 0.5) is 4.79 Å². The number of aliphatic hydroxyl groups is 1. The number of carboxylic acid groups (broad SMARTS) is 1. The number of urea groups is 1. The molecule has 0 saturated heterocycles. The van der Waals surface area contributed by atoms with E-state index in [0.717, 1.165) is 5.69 Å². The Bertz CT molecular complexity index is 455. The van der Waals surface area contributed by atoms with Gasteiger partial charge in [-0.25, -0.2) is 4.79 Å². The topological polar surface area (TPSA) is 116 Å². The minimum atomic E-state index is -1.48. The molecule has 0 bridgehead atoms. The second-order valence-corrected chi connectivity index (χ2v) is 4.55. The third kappa shape index (κ3) is 5.38. The van der Waals surface area contributed by atoms with Crippen LogP contribution in [0.3, 0.4) is 0 Å². The van der Waals surface area contributed by atoms with Crippen LogP contribution in [-0.2, 0) is 18.4 Å². The van der Waals surface area contributed by atoms with Crippen molar-refractivity contribution in [1.82, 2.24) is 20.4 Å². The number of carbonyl (C=O) groups is 2. The number of nitrogens with zero attached hydrogens (tertiary/aromatic N) is 2. The maximum absolute atomic E-state index is 11.5. The van der Waals surface area contributed by atoms with Crippen LogP contribution in [0.15, 0.2) is 12.3 Å². The smallest absolute Gasteiger partial charge is 0.315 e. The molecular formula is C11H18N4O4. The van der Waals surface area contributed by atoms with Gasteiger partial charge in [0.05, 0.1) is 24.3 Å². The Morgan fingerprint density at radius 2 is 2.16 bits per heavy atom. The first kappa shape index (κ1) is 15.0. The van der Waals surface area contributed by atoms with E-state index in [4.69, 9.17) is 5.11 Å². The summed E-state index contributed by atoms with van der Waals surface area (Å²) in [6, 6.07) is 1.28. The van der Waals surface area contributed by atoms with E-state index in [9.17, 15) is 14.7 Å². The largest absolute Gasteiger partial charge is 0.481 e. The Labute approximate surface area is 110 Å². The number of rotatable bonds is 6. The minimum Gasteiger partial charge on any atom is -0.481 e. The number of hydrogen-bond acceptors (Lipinski definition) is 4. The van der Waals surface area contributed by atoms with Gasteiger partial charge in [-0.15, -0.1) is 0 Å². The first-order chi connectivity index (χ1) is 8.80. The third-order valence-electron chi connectivity index (χ3n) is 2.51. The molecule has 19 heavy (non-hydrogen) atoms. The van der Waals surface area contributed by atoms with Gasteiger partial charge in [0, 0.05) is 19.8 Å². The van der Waals surface area contributed by atoms with Gasteiger partial charge in [-0.1, -0.05) is 0 Å². The molecule has 0 saturated carbocycles. The molecule has 106 valence electrons. The van der Waals surface area contributed by atoms with Gasteiger partial charge in [-0.2, -0.15) is 5.10 Å². The maximum atomic E-state index is 11.5. The van der Waals surface area contributed by atoms with Gasteiger partial charge in [-0.05, 0) is 13.0 Å². The van der Waals surface area contributed by atoms with Gasteiger partial charge in [0.1, 0.15) is 0 Å². The summed E-state index contributed by atoms with van der Waals surface area (Å²) in [7, 11) is 1.76. The van der Waals surface area contributed by atoms with Crippen molar-refractivity contribution in [1.29, 1.82) is 0 Å². The average Bonchev–Trinajstić information content (AvgIpc) is 2.68. The maximum Gasteiger partial charge on any atom is 0.315 e. The average molecular weight is 270 g/mol. The van der Waals surface area contributed by atoms with Crippen LogP contribution in [0.1, 0.15) is 19.0 Å². The monoisotopic (exact) mass is 270 g/mol. The molecule has 0 aliphatic rings. The van der Waals surface area contributed by atoms with Gasteiger partial charge in [0.15, 0.2) is 0 Å². The van der Waals surface area contributed by atoms with Gasteiger partial charge in [0.2, 0.25) is 0 Å². The van der Waals surface area contributed by atoms with Crippen LogP contribution in [0, 0.1) is 0 Å². The fraction of sp³-hybridized carbons (Fsp3) is 0.545. The molecule has 8 nitrogen and oxygen atoms in total. The van der Waals surface area contributed by atoms with E-state index in [2.05, 4.69) is 15.7 Å². The van der Waals surface area contributed by atoms with Crippen molar-refractivity contribution in [2.24, 2.45) is 7.05 Å². The molecule has 0 aliphatic heterocycles. The Balaban J connectivity index is 2.32. The first-order valence-electron chi connectivity index (χ1n) is 5.73. The van der Waals surface area contributed by atoms with E-state index in [1.54, 1.807) is 24.0 Å². The zero-order chi connectivity index (χ0) is 14.5. The minimum absolute atomic E-state index is 0.142. The van der Waals surface area contributed by atoms with E-state index in [1.807, 2.05) is 0 Å². The van der Waals surface area contributed by atoms with Crippen LogP contribution in [0.5, 0.6) is 0 Å². The molecule has 2 amide bonds. The number of amides is 2. The highest BCUT2D eigenvalue weighted by Gasteiger charge is 2.24. The summed E-state index contributed by atoms with van der Waals surface area (Å²) < 4.78 is 1.63. The Hall–Kier alpha value is -2.09. The molecule has 8 heteroatoms. The number of hydrogen-bond donors (Lipinski definition) is 4. The highest BCUT2D eigenvalue weighted by Crippen LogP contribution is 2.07. The molecule has 1 aromatic rings. The molecular weight excluding hydrogens is 252 g/mol. The number of aryl methyl sites for hydroxylation is 1. The molecule has 0 fully saturated rings. The molecule has 1 heterocycles. The standard InChI is InChI=1S/C11H18N4O4/c1-11(19,5-9(16)17)7-13-10(18)12-6-8-3-4-14-15(8)2/h3-4,19H,5-7H2,1-2H3,(H,16,17)(H2,12,13,18). The number of carbonyl (C=O) groups excluding carboxylic acids is 1. The summed E-state index contributed by atoms with van der Waals surface area (Å²) in [5, 5.41) is 27.2. The second kappa shape index (κ2) is 6.19. The summed E-state index contributed by atoms with van der Waals surface area (Å²) >= 11 is 0. The molecule has 1 unspecified atom stereocenters. The highest BCUT2D eigenvalue weighted by molar-refractivity contribution is 5.74. The lowest BCUT2D eigenvalue weighted by Crippen LogP contribution is -2.45. The van der Waals surface area contributed by atoms with Crippen LogP contribution >= 0.6 is 0 Å². The lowest BCUT2D eigenvalue weighted by molar-refractivity contribution is -0.141. The van der Waals surface area contributed by atoms with Gasteiger partial charge < -0.3 is 20.8 Å². The zero-order valence-corrected chi connectivity index (χ0v) is 10.9. The van der Waals surface area contributed by atoms with Crippen molar-refractivity contribution in [3.63, 3.8) is 0 Å². The summed E-state index contributed by atoms with van der Waals surface area (Å²) in [6.45, 7) is 1.50. The van der Waals surface area contributed by atoms with Crippen molar-refractivity contribution < 1.29 is 19.8 Å². The molecule has 0 radical (unpaired) electrons. The summed E-state index contributed by atoms with van der Waals surface area (Å²) in [5.41, 5.74) is -0.650. The number of aliphatic carboxylic acids is 1. The molecule has 0 aromatic carbocycles. The third-order valence-corrected chi connectivity index (χ3v) is 2.51. The molecule has 1 aromatic heterocycles. The number of aromatic nitrogens is 2. The van der Waals surface area contributed by atoms with E-state index in [0.29, 0.717) is 6.54 Å². The number of carboxylic acids is 1. The molecule has 4 N–H and O–H groups in total. The van der Waals surface area contributed by atoms with Crippen molar-refractivity contribution >= 4 is 12.0 Å². The fourth-order valence-electron chi connectivity index (χ4n) is 1.47. The van der Waals surface area contributed by atoms with Gasteiger partial charge in [0.25, 0.3) is 0 Å². The van der Waals surface area contributed by atoms with Gasteiger partial charge in [-0.3, -0.25) is 9.48 Å². The Kier molecular flexibility index (Phi) is 4.87. The predicted molar refractivity (Wildman–Crippen MR) is 66.3 cm³/mol. The van der Waals surface area contributed by atoms with Crippen LogP contribution in [0.2, 0.25) is 0 Å². The van der Waals surface area contributed by atoms with Crippen LogP contribution < -0.4 is 10.6 Å². The normalized spacial score (nSPS) is 13.6. The first-order valence-corrected chi connectivity index (χ1v) is 5.73. The van der Waals surface area contributed by atoms with Crippen LogP contribution in [0.25, 0.3) is 0 Å². The summed E-state index contributed by atoms with van der Waals surface area (Å²) in [6.07, 6.45) is 1.18. The van der Waals surface area contributed by atoms with Crippen molar-refractivity contribution in [2.45, 2.75) is 25.5 Å².